The number of nitrogen functional groups attached to an aromatic ring is 1. The molecule has 0 unspecified atom stereocenters. The normalized spacial score (nSPS) is 13.2. The second-order valence-corrected chi connectivity index (χ2v) is 8.35. The van der Waals surface area contributed by atoms with Gasteiger partial charge in [0.15, 0.2) is 15.5 Å². The summed E-state index contributed by atoms with van der Waals surface area (Å²) in [5.74, 6) is -0.664. The van der Waals surface area contributed by atoms with Crippen molar-refractivity contribution in [1.29, 1.82) is 0 Å². The maximum atomic E-state index is 13.3. The van der Waals surface area contributed by atoms with E-state index in [0.717, 1.165) is 24.5 Å². The fourth-order valence-electron chi connectivity index (χ4n) is 2.55. The second kappa shape index (κ2) is 6.49. The van der Waals surface area contributed by atoms with Gasteiger partial charge in [0.05, 0.1) is 26.5 Å². The summed E-state index contributed by atoms with van der Waals surface area (Å²) in [6.45, 7) is 0. The Morgan fingerprint density at radius 3 is 2.17 bits per heavy atom. The van der Waals surface area contributed by atoms with Crippen LogP contribution in [0, 0.1) is 0 Å². The molecule has 0 atom stereocenters. The van der Waals surface area contributed by atoms with Gasteiger partial charge in [-0.25, -0.2) is 18.1 Å². The Balaban J connectivity index is 2.33. The minimum atomic E-state index is -5.24. The van der Waals surface area contributed by atoms with Crippen LogP contribution in [0.5, 0.6) is 0 Å². The first-order chi connectivity index (χ1) is 13.1. The summed E-state index contributed by atoms with van der Waals surface area (Å²) in [5.41, 5.74) is 1.24. The fourth-order valence-corrected chi connectivity index (χ4v) is 3.53. The van der Waals surface area contributed by atoms with Crippen LogP contribution in [-0.4, -0.2) is 29.4 Å². The van der Waals surface area contributed by atoms with Crippen molar-refractivity contribution in [2.45, 2.75) is 17.2 Å². The first kappa shape index (κ1) is 21.2. The largest absolute Gasteiger partial charge is 0.434 e. The zero-order chi connectivity index (χ0) is 21.9. The van der Waals surface area contributed by atoms with Gasteiger partial charge in [0.2, 0.25) is 0 Å². The Kier molecular flexibility index (Phi) is 4.74. The summed E-state index contributed by atoms with van der Waals surface area (Å²) in [7, 11) is -3.64. The maximum Gasteiger partial charge on any atom is 0.434 e. The van der Waals surface area contributed by atoms with Gasteiger partial charge in [0.1, 0.15) is 11.5 Å². The summed E-state index contributed by atoms with van der Waals surface area (Å²) in [4.78, 5) is 2.50. The monoisotopic (exact) mass is 458 g/mol. The van der Waals surface area contributed by atoms with Crippen molar-refractivity contribution in [2.75, 3.05) is 12.0 Å². The fraction of sp³-hybridized carbons (Fsp3) is 0.200. The number of hydrogen-bond acceptors (Lipinski definition) is 5. The Morgan fingerprint density at radius 2 is 1.69 bits per heavy atom. The molecule has 0 radical (unpaired) electrons. The van der Waals surface area contributed by atoms with E-state index in [1.807, 2.05) is 0 Å². The zero-order valence-electron chi connectivity index (χ0n) is 14.1. The third kappa shape index (κ3) is 3.83. The van der Waals surface area contributed by atoms with Crippen molar-refractivity contribution in [2.24, 2.45) is 0 Å². The Labute approximate surface area is 163 Å². The third-order valence-electron chi connectivity index (χ3n) is 3.83. The molecule has 0 bridgehead atoms. The topological polar surface area (TPSA) is 90.9 Å². The molecule has 0 aliphatic carbocycles. The van der Waals surface area contributed by atoms with E-state index in [2.05, 4.69) is 10.1 Å². The number of anilines is 1. The molecular formula is C15H9ClF6N4O2S. The van der Waals surface area contributed by atoms with Gasteiger partial charge >= 0.3 is 12.4 Å². The van der Waals surface area contributed by atoms with E-state index in [0.29, 0.717) is 10.7 Å². The van der Waals surface area contributed by atoms with Crippen LogP contribution in [0.15, 0.2) is 29.2 Å². The molecule has 0 fully saturated rings. The third-order valence-corrected chi connectivity index (χ3v) is 5.24. The van der Waals surface area contributed by atoms with E-state index in [-0.39, 0.29) is 15.6 Å². The van der Waals surface area contributed by atoms with Gasteiger partial charge in [0, 0.05) is 6.26 Å². The number of hydrogen-bond donors (Lipinski definition) is 1. The van der Waals surface area contributed by atoms with Crippen molar-refractivity contribution in [3.8, 4) is 5.69 Å². The second-order valence-electron chi connectivity index (χ2n) is 5.93. The van der Waals surface area contributed by atoms with Gasteiger partial charge < -0.3 is 5.73 Å². The first-order valence-electron chi connectivity index (χ1n) is 7.44. The number of halogens is 7. The molecule has 3 aromatic rings. The van der Waals surface area contributed by atoms with Crippen LogP contribution in [0.25, 0.3) is 16.6 Å². The lowest BCUT2D eigenvalue weighted by Crippen LogP contribution is -2.15. The molecule has 6 nitrogen and oxygen atoms in total. The summed E-state index contributed by atoms with van der Waals surface area (Å²) in [6, 6.07) is 3.57. The molecule has 0 aliphatic heterocycles. The Bertz CT molecular complexity index is 1230. The molecule has 29 heavy (non-hydrogen) atoms. The number of nitrogens with two attached hydrogens (primary N) is 1. The predicted octanol–water partition coefficient (Wildman–Crippen LogP) is 4.10. The van der Waals surface area contributed by atoms with Crippen LogP contribution in [0.1, 0.15) is 11.4 Å². The van der Waals surface area contributed by atoms with Crippen molar-refractivity contribution in [3.63, 3.8) is 0 Å². The lowest BCUT2D eigenvalue weighted by atomic mass is 10.2. The van der Waals surface area contributed by atoms with Crippen LogP contribution in [-0.2, 0) is 22.2 Å². The van der Waals surface area contributed by atoms with Crippen LogP contribution in [0.2, 0.25) is 5.02 Å². The molecule has 2 aromatic heterocycles. The van der Waals surface area contributed by atoms with E-state index in [9.17, 15) is 34.8 Å². The lowest BCUT2D eigenvalue weighted by molar-refractivity contribution is -0.149. The highest BCUT2D eigenvalue weighted by molar-refractivity contribution is 7.90. The van der Waals surface area contributed by atoms with Crippen molar-refractivity contribution in [1.82, 2.24) is 14.8 Å². The number of rotatable bonds is 2. The molecule has 0 spiro atoms. The van der Waals surface area contributed by atoms with Crippen LogP contribution >= 0.6 is 11.6 Å². The predicted molar refractivity (Wildman–Crippen MR) is 91.4 cm³/mol. The minimum Gasteiger partial charge on any atom is -0.383 e. The number of aromatic nitrogens is 3. The molecular weight excluding hydrogens is 450 g/mol. The molecule has 156 valence electrons. The number of benzene rings is 1. The molecule has 1 aromatic carbocycles. The molecule has 2 N–H and O–H groups in total. The molecule has 0 saturated heterocycles. The first-order valence-corrected chi connectivity index (χ1v) is 9.71. The molecule has 0 amide bonds. The van der Waals surface area contributed by atoms with E-state index < -0.39 is 50.3 Å². The van der Waals surface area contributed by atoms with Gasteiger partial charge in [-0.2, -0.15) is 31.4 Å². The van der Waals surface area contributed by atoms with Gasteiger partial charge in [0.25, 0.3) is 0 Å². The maximum absolute atomic E-state index is 13.3. The summed E-state index contributed by atoms with van der Waals surface area (Å²) >= 11 is 6.00. The summed E-state index contributed by atoms with van der Waals surface area (Å²) in [6.07, 6.45) is -9.48. The molecule has 3 rings (SSSR count). The highest BCUT2D eigenvalue weighted by Gasteiger charge is 2.41. The molecule has 2 heterocycles. The Morgan fingerprint density at radius 1 is 1.07 bits per heavy atom. The molecule has 0 saturated carbocycles. The van der Waals surface area contributed by atoms with Gasteiger partial charge in [-0.05, 0) is 24.3 Å². The van der Waals surface area contributed by atoms with Gasteiger partial charge in [-0.1, -0.05) is 11.6 Å². The highest BCUT2D eigenvalue weighted by Crippen LogP contribution is 2.40. The van der Waals surface area contributed by atoms with Gasteiger partial charge in [-0.15, -0.1) is 0 Å². The van der Waals surface area contributed by atoms with Crippen LogP contribution in [0.3, 0.4) is 0 Å². The number of alkyl halides is 6. The van der Waals surface area contributed by atoms with E-state index in [1.165, 1.54) is 0 Å². The SMILES string of the molecule is CS(=O)(=O)c1ccc(-n2nc3cc(C(F)(F)F)nc(C(F)(F)F)c3c2N)c(Cl)c1. The number of nitrogens with zero attached hydrogens (tertiary/aromatic N) is 3. The smallest absolute Gasteiger partial charge is 0.383 e. The van der Waals surface area contributed by atoms with Crippen molar-refractivity contribution >= 4 is 38.2 Å². The standard InChI is InChI=1S/C15H9ClF6N4O2S/c1-29(27,28)6-2-3-9(7(16)4-6)26-13(23)11-8(25-26)5-10(14(17,18)19)24-12(11)15(20,21)22/h2-5H,23H2,1H3. The van der Waals surface area contributed by atoms with Crippen molar-refractivity contribution in [3.05, 3.63) is 40.7 Å². The van der Waals surface area contributed by atoms with Crippen molar-refractivity contribution < 1.29 is 34.8 Å². The molecule has 0 aliphatic rings. The number of fused-ring (bicyclic) bond motifs is 1. The van der Waals surface area contributed by atoms with E-state index in [4.69, 9.17) is 17.3 Å². The Hall–Kier alpha value is -2.54. The minimum absolute atomic E-state index is 0.130. The summed E-state index contributed by atoms with van der Waals surface area (Å²) < 4.78 is 103. The number of pyridine rings is 1. The zero-order valence-corrected chi connectivity index (χ0v) is 15.7. The van der Waals surface area contributed by atoms with E-state index in [1.54, 1.807) is 0 Å². The van der Waals surface area contributed by atoms with Crippen LogP contribution < -0.4 is 5.73 Å². The highest BCUT2D eigenvalue weighted by atomic mass is 35.5. The quantitative estimate of drug-likeness (QED) is 0.584. The summed E-state index contributed by atoms with van der Waals surface area (Å²) in [5, 5.41) is 2.62. The lowest BCUT2D eigenvalue weighted by Gasteiger charge is -2.11. The van der Waals surface area contributed by atoms with Crippen LogP contribution in [0.4, 0.5) is 32.2 Å². The number of sulfone groups is 1. The average Bonchev–Trinajstić information content (AvgIpc) is 2.88. The van der Waals surface area contributed by atoms with Gasteiger partial charge in [-0.3, -0.25) is 0 Å². The average molecular weight is 459 g/mol. The van der Waals surface area contributed by atoms with E-state index >= 15 is 0 Å². The molecule has 14 heteroatoms.